The monoisotopic (exact) mass is 187 g/mol. The van der Waals surface area contributed by atoms with E-state index >= 15 is 0 Å². The number of alkyl carbamates (subject to hydrolysis) is 1. The summed E-state index contributed by atoms with van der Waals surface area (Å²) in [6, 6.07) is -1.27. The Bertz CT molecular complexity index is 252. The molecule has 7 heteroatoms. The maximum atomic E-state index is 10.9. The molecule has 0 aromatic heterocycles. The quantitative estimate of drug-likeness (QED) is 0.461. The first kappa shape index (κ1) is 9.30. The zero-order valence-electron chi connectivity index (χ0n) is 6.92. The summed E-state index contributed by atoms with van der Waals surface area (Å²) in [6.07, 6.45) is -0.644. The van der Waals surface area contributed by atoms with E-state index in [1.807, 2.05) is 5.32 Å². The predicted molar refractivity (Wildman–Crippen MR) is 40.9 cm³/mol. The predicted octanol–water partition coefficient (Wildman–Crippen LogP) is -1.45. The Hall–Kier alpha value is -1.79. The number of ether oxygens (including phenoxy) is 1. The Balaban J connectivity index is 2.33. The van der Waals surface area contributed by atoms with Crippen LogP contribution in [0.2, 0.25) is 0 Å². The van der Waals surface area contributed by atoms with E-state index in [4.69, 9.17) is 0 Å². The molecule has 0 saturated carbocycles. The lowest BCUT2D eigenvalue weighted by molar-refractivity contribution is -0.120. The van der Waals surface area contributed by atoms with Gasteiger partial charge in [-0.1, -0.05) is 0 Å². The Morgan fingerprint density at radius 3 is 2.77 bits per heavy atom. The van der Waals surface area contributed by atoms with Crippen LogP contribution in [0, 0.1) is 0 Å². The smallest absolute Gasteiger partial charge is 0.406 e. The van der Waals surface area contributed by atoms with Crippen LogP contribution in [0.15, 0.2) is 0 Å². The second-order valence-electron chi connectivity index (χ2n) is 2.39. The molecule has 0 bridgehead atoms. The van der Waals surface area contributed by atoms with Crippen molar-refractivity contribution >= 4 is 18.0 Å². The first-order valence-electron chi connectivity index (χ1n) is 3.56. The van der Waals surface area contributed by atoms with E-state index in [-0.39, 0.29) is 6.54 Å². The number of methoxy groups -OCH3 is 1. The molecule has 13 heavy (non-hydrogen) atoms. The van der Waals surface area contributed by atoms with Crippen molar-refractivity contribution in [3.05, 3.63) is 0 Å². The van der Waals surface area contributed by atoms with Crippen molar-refractivity contribution in [3.63, 3.8) is 0 Å². The fourth-order valence-corrected chi connectivity index (χ4v) is 0.860. The van der Waals surface area contributed by atoms with Gasteiger partial charge in [0.05, 0.1) is 13.7 Å². The zero-order chi connectivity index (χ0) is 9.84. The third-order valence-corrected chi connectivity index (χ3v) is 1.49. The highest BCUT2D eigenvalue weighted by molar-refractivity contribution is 6.04. The van der Waals surface area contributed by atoms with E-state index < -0.39 is 24.1 Å². The molecule has 1 aliphatic heterocycles. The first-order valence-corrected chi connectivity index (χ1v) is 3.56. The highest BCUT2D eigenvalue weighted by Crippen LogP contribution is 1.90. The van der Waals surface area contributed by atoms with Crippen molar-refractivity contribution in [1.29, 1.82) is 0 Å². The lowest BCUT2D eigenvalue weighted by atomic mass is 10.3. The van der Waals surface area contributed by atoms with Crippen molar-refractivity contribution in [2.75, 3.05) is 13.7 Å². The molecule has 0 aromatic carbocycles. The third kappa shape index (κ3) is 2.32. The number of carbonyl (C=O) groups is 3. The molecule has 1 unspecified atom stereocenters. The van der Waals surface area contributed by atoms with Gasteiger partial charge in [0.15, 0.2) is 0 Å². The van der Waals surface area contributed by atoms with E-state index in [0.29, 0.717) is 0 Å². The Labute approximate surface area is 73.8 Å². The van der Waals surface area contributed by atoms with E-state index in [1.54, 1.807) is 0 Å². The fourth-order valence-electron chi connectivity index (χ4n) is 0.860. The Kier molecular flexibility index (Phi) is 2.68. The minimum atomic E-state index is -0.716. The van der Waals surface area contributed by atoms with Gasteiger partial charge in [0.25, 0.3) is 5.91 Å². The molecule has 1 atom stereocenters. The average molecular weight is 187 g/mol. The molecule has 1 heterocycles. The van der Waals surface area contributed by atoms with Gasteiger partial charge in [-0.3, -0.25) is 10.1 Å². The normalized spacial score (nSPS) is 20.5. The number of hydrogen-bond donors (Lipinski definition) is 3. The molecule has 0 aliphatic carbocycles. The number of urea groups is 1. The van der Waals surface area contributed by atoms with Crippen LogP contribution in [0.5, 0.6) is 0 Å². The maximum Gasteiger partial charge on any atom is 0.406 e. The summed E-state index contributed by atoms with van der Waals surface area (Å²) in [7, 11) is 1.21. The minimum absolute atomic E-state index is 0.0181. The van der Waals surface area contributed by atoms with E-state index in [1.165, 1.54) is 7.11 Å². The van der Waals surface area contributed by atoms with Gasteiger partial charge in [0, 0.05) is 0 Å². The summed E-state index contributed by atoms with van der Waals surface area (Å²) >= 11 is 0. The first-order chi connectivity index (χ1) is 6.13. The summed E-state index contributed by atoms with van der Waals surface area (Å²) in [6.45, 7) is 0.0181. The lowest BCUT2D eigenvalue weighted by Gasteiger charge is -2.07. The van der Waals surface area contributed by atoms with Crippen molar-refractivity contribution < 1.29 is 19.1 Å². The second-order valence-corrected chi connectivity index (χ2v) is 2.39. The number of hydrogen-bond acceptors (Lipinski definition) is 4. The van der Waals surface area contributed by atoms with Gasteiger partial charge >= 0.3 is 12.1 Å². The Morgan fingerprint density at radius 1 is 1.62 bits per heavy atom. The van der Waals surface area contributed by atoms with E-state index in [9.17, 15) is 14.4 Å². The van der Waals surface area contributed by atoms with Crippen molar-refractivity contribution in [1.82, 2.24) is 16.0 Å². The molecule has 0 aromatic rings. The van der Waals surface area contributed by atoms with Crippen LogP contribution in [0.25, 0.3) is 0 Å². The standard InChI is InChI=1S/C6H9N3O4/c1-13-6(12)7-2-3-4(10)9-5(11)8-3/h3H,2H2,1H3,(H,7,12)(H2,8,9,10,11). The van der Waals surface area contributed by atoms with Crippen LogP contribution < -0.4 is 16.0 Å². The molecule has 3 N–H and O–H groups in total. The highest BCUT2D eigenvalue weighted by atomic mass is 16.5. The molecule has 1 aliphatic rings. The number of imide groups is 1. The maximum absolute atomic E-state index is 10.9. The van der Waals surface area contributed by atoms with Crippen molar-refractivity contribution in [2.24, 2.45) is 0 Å². The average Bonchev–Trinajstić information content (AvgIpc) is 2.41. The van der Waals surface area contributed by atoms with Crippen molar-refractivity contribution in [3.8, 4) is 0 Å². The van der Waals surface area contributed by atoms with E-state index in [0.717, 1.165) is 0 Å². The fraction of sp³-hybridized carbons (Fsp3) is 0.500. The van der Waals surface area contributed by atoms with Gasteiger partial charge in [-0.2, -0.15) is 0 Å². The van der Waals surface area contributed by atoms with Gasteiger partial charge < -0.3 is 15.4 Å². The van der Waals surface area contributed by atoms with Crippen LogP contribution in [-0.4, -0.2) is 37.7 Å². The molecule has 0 radical (unpaired) electrons. The van der Waals surface area contributed by atoms with Crippen LogP contribution in [0.4, 0.5) is 9.59 Å². The zero-order valence-corrected chi connectivity index (χ0v) is 6.92. The second kappa shape index (κ2) is 3.74. The molecule has 7 nitrogen and oxygen atoms in total. The molecule has 1 rings (SSSR count). The third-order valence-electron chi connectivity index (χ3n) is 1.49. The largest absolute Gasteiger partial charge is 0.453 e. The van der Waals surface area contributed by atoms with Crippen LogP contribution in [-0.2, 0) is 9.53 Å². The molecular formula is C6H9N3O4. The van der Waals surface area contributed by atoms with Gasteiger partial charge in [-0.05, 0) is 0 Å². The number of rotatable bonds is 2. The van der Waals surface area contributed by atoms with Crippen LogP contribution >= 0.6 is 0 Å². The van der Waals surface area contributed by atoms with Gasteiger partial charge in [0.2, 0.25) is 0 Å². The summed E-state index contributed by atoms with van der Waals surface area (Å²) in [4.78, 5) is 32.1. The molecule has 72 valence electrons. The lowest BCUT2D eigenvalue weighted by Crippen LogP contribution is -2.41. The number of carbonyl (C=O) groups excluding carboxylic acids is 3. The van der Waals surface area contributed by atoms with Crippen LogP contribution in [0.3, 0.4) is 0 Å². The topological polar surface area (TPSA) is 96.5 Å². The van der Waals surface area contributed by atoms with Crippen LogP contribution in [0.1, 0.15) is 0 Å². The number of nitrogens with one attached hydrogen (secondary N) is 3. The summed E-state index contributed by atoms with van der Waals surface area (Å²) in [5.74, 6) is -0.457. The summed E-state index contributed by atoms with van der Waals surface area (Å²) < 4.78 is 4.28. The molecule has 4 amide bonds. The molecule has 1 fully saturated rings. The number of amides is 4. The molecular weight excluding hydrogens is 178 g/mol. The van der Waals surface area contributed by atoms with Gasteiger partial charge in [-0.25, -0.2) is 9.59 Å². The minimum Gasteiger partial charge on any atom is -0.453 e. The highest BCUT2D eigenvalue weighted by Gasteiger charge is 2.29. The summed E-state index contributed by atoms with van der Waals surface area (Å²) in [5.41, 5.74) is 0. The Morgan fingerprint density at radius 2 is 2.31 bits per heavy atom. The van der Waals surface area contributed by atoms with Gasteiger partial charge in [-0.15, -0.1) is 0 Å². The van der Waals surface area contributed by atoms with Crippen molar-refractivity contribution in [2.45, 2.75) is 6.04 Å². The van der Waals surface area contributed by atoms with Gasteiger partial charge in [0.1, 0.15) is 6.04 Å². The van der Waals surface area contributed by atoms with E-state index in [2.05, 4.69) is 15.4 Å². The SMILES string of the molecule is COC(=O)NCC1NC(=O)NC1=O. The molecule has 1 saturated heterocycles. The molecule has 0 spiro atoms. The summed E-state index contributed by atoms with van der Waals surface area (Å²) in [5, 5.41) is 6.63.